The molecule has 2 aromatic rings. The first-order valence-corrected chi connectivity index (χ1v) is 10.1. The molecular formula is C23H30N4O2. The van der Waals surface area contributed by atoms with Gasteiger partial charge in [0.2, 0.25) is 11.8 Å². The number of primary amides is 2. The molecule has 154 valence electrons. The molecule has 0 aliphatic carbocycles. The number of hydrogen-bond donors (Lipinski definition) is 2. The van der Waals surface area contributed by atoms with Gasteiger partial charge in [-0.05, 0) is 68.2 Å². The van der Waals surface area contributed by atoms with E-state index in [0.717, 1.165) is 30.6 Å². The van der Waals surface area contributed by atoms with Crippen molar-refractivity contribution >= 4 is 11.8 Å². The molecule has 2 aromatic carbocycles. The van der Waals surface area contributed by atoms with Gasteiger partial charge in [0.1, 0.15) is 0 Å². The van der Waals surface area contributed by atoms with Gasteiger partial charge in [-0.25, -0.2) is 0 Å². The third-order valence-corrected chi connectivity index (χ3v) is 5.69. The molecule has 6 nitrogen and oxygen atoms in total. The van der Waals surface area contributed by atoms with Crippen LogP contribution in [0.2, 0.25) is 0 Å². The van der Waals surface area contributed by atoms with E-state index in [0.29, 0.717) is 30.3 Å². The summed E-state index contributed by atoms with van der Waals surface area (Å²) in [6, 6.07) is 15.6. The first-order chi connectivity index (χ1) is 13.9. The Morgan fingerprint density at radius 1 is 1.00 bits per heavy atom. The minimum Gasteiger partial charge on any atom is -0.366 e. The molecule has 0 radical (unpaired) electrons. The highest BCUT2D eigenvalue weighted by atomic mass is 16.1. The van der Waals surface area contributed by atoms with Crippen LogP contribution in [0.1, 0.15) is 51.1 Å². The normalized spacial score (nSPS) is 17.0. The lowest BCUT2D eigenvalue weighted by atomic mass is 10.1. The molecule has 1 aliphatic rings. The minimum atomic E-state index is -0.417. The Morgan fingerprint density at radius 3 is 2.00 bits per heavy atom. The van der Waals surface area contributed by atoms with Crippen LogP contribution in [-0.2, 0) is 13.1 Å². The summed E-state index contributed by atoms with van der Waals surface area (Å²) in [6.45, 7) is 3.50. The number of amides is 2. The van der Waals surface area contributed by atoms with Crippen molar-refractivity contribution in [1.82, 2.24) is 9.80 Å². The number of carbonyl (C=O) groups is 2. The molecule has 6 heteroatoms. The Hall–Kier alpha value is -2.70. The number of hydrogen-bond acceptors (Lipinski definition) is 4. The molecule has 29 heavy (non-hydrogen) atoms. The number of likely N-dealkylation sites (tertiary alicyclic amines) is 1. The summed E-state index contributed by atoms with van der Waals surface area (Å²) in [5.74, 6) is -0.833. The SMILES string of the molecule is CN1CCC[C@H]1CCN(Cc1cccc(C(N)=O)c1)Cc1cccc(C(N)=O)c1. The summed E-state index contributed by atoms with van der Waals surface area (Å²) in [7, 11) is 2.19. The predicted molar refractivity (Wildman–Crippen MR) is 114 cm³/mol. The highest BCUT2D eigenvalue weighted by Crippen LogP contribution is 2.20. The number of nitrogens with two attached hydrogens (primary N) is 2. The van der Waals surface area contributed by atoms with Crippen molar-refractivity contribution in [2.24, 2.45) is 11.5 Å². The summed E-state index contributed by atoms with van der Waals surface area (Å²) >= 11 is 0. The Labute approximate surface area is 172 Å². The zero-order chi connectivity index (χ0) is 20.8. The van der Waals surface area contributed by atoms with Crippen molar-refractivity contribution in [3.63, 3.8) is 0 Å². The van der Waals surface area contributed by atoms with E-state index in [9.17, 15) is 9.59 Å². The van der Waals surface area contributed by atoms with Gasteiger partial charge in [0.15, 0.2) is 0 Å². The molecule has 0 unspecified atom stereocenters. The van der Waals surface area contributed by atoms with Crippen molar-refractivity contribution in [1.29, 1.82) is 0 Å². The lowest BCUT2D eigenvalue weighted by Crippen LogP contribution is -2.31. The second-order valence-electron chi connectivity index (χ2n) is 7.91. The molecular weight excluding hydrogens is 364 g/mol. The maximum absolute atomic E-state index is 11.5. The average molecular weight is 395 g/mol. The minimum absolute atomic E-state index is 0.417. The van der Waals surface area contributed by atoms with Gasteiger partial charge in [0, 0.05) is 36.8 Å². The van der Waals surface area contributed by atoms with Gasteiger partial charge in [0.25, 0.3) is 0 Å². The fourth-order valence-electron chi connectivity index (χ4n) is 4.05. The quantitative estimate of drug-likeness (QED) is 0.683. The van der Waals surface area contributed by atoms with Crippen LogP contribution in [0.25, 0.3) is 0 Å². The molecule has 1 fully saturated rings. The molecule has 1 aliphatic heterocycles. The zero-order valence-electron chi connectivity index (χ0n) is 17.0. The third kappa shape index (κ3) is 5.89. The highest BCUT2D eigenvalue weighted by molar-refractivity contribution is 5.93. The van der Waals surface area contributed by atoms with E-state index in [1.54, 1.807) is 12.1 Å². The molecule has 0 saturated carbocycles. The standard InChI is InChI=1S/C23H30N4O2/c1-26-11-4-9-21(26)10-12-27(15-17-5-2-7-19(13-17)22(24)28)16-18-6-3-8-20(14-18)23(25)29/h2-3,5-8,13-14,21H,4,9-12,15-16H2,1H3,(H2,24,28)(H2,25,29)/t21-/m0/s1. The Morgan fingerprint density at radius 2 is 1.55 bits per heavy atom. The van der Waals surface area contributed by atoms with Crippen LogP contribution >= 0.6 is 0 Å². The first-order valence-electron chi connectivity index (χ1n) is 10.1. The number of benzene rings is 2. The maximum atomic E-state index is 11.5. The molecule has 1 heterocycles. The van der Waals surface area contributed by atoms with Crippen LogP contribution in [-0.4, -0.2) is 47.8 Å². The van der Waals surface area contributed by atoms with Gasteiger partial charge in [-0.3, -0.25) is 14.5 Å². The molecule has 2 amide bonds. The van der Waals surface area contributed by atoms with Gasteiger partial charge >= 0.3 is 0 Å². The van der Waals surface area contributed by atoms with Crippen LogP contribution in [0.4, 0.5) is 0 Å². The van der Waals surface area contributed by atoms with Gasteiger partial charge in [-0.2, -0.15) is 0 Å². The van der Waals surface area contributed by atoms with Crippen LogP contribution in [0, 0.1) is 0 Å². The van der Waals surface area contributed by atoms with Crippen LogP contribution in [0.15, 0.2) is 48.5 Å². The fourth-order valence-corrected chi connectivity index (χ4v) is 4.05. The molecule has 1 atom stereocenters. The van der Waals surface area contributed by atoms with E-state index < -0.39 is 11.8 Å². The first kappa shape index (κ1) is 21.0. The number of rotatable bonds is 9. The van der Waals surface area contributed by atoms with Crippen molar-refractivity contribution in [2.75, 3.05) is 20.1 Å². The number of carbonyl (C=O) groups excluding carboxylic acids is 2. The van der Waals surface area contributed by atoms with Gasteiger partial charge in [0.05, 0.1) is 0 Å². The monoisotopic (exact) mass is 394 g/mol. The average Bonchev–Trinajstić information content (AvgIpc) is 3.11. The lowest BCUT2D eigenvalue weighted by Gasteiger charge is -2.27. The fraction of sp³-hybridized carbons (Fsp3) is 0.391. The summed E-state index contributed by atoms with van der Waals surface area (Å²) in [5, 5.41) is 0. The van der Waals surface area contributed by atoms with Crippen LogP contribution in [0.3, 0.4) is 0 Å². The van der Waals surface area contributed by atoms with Crippen molar-refractivity contribution in [2.45, 2.75) is 38.4 Å². The van der Waals surface area contributed by atoms with E-state index in [-0.39, 0.29) is 0 Å². The molecule has 0 aromatic heterocycles. The van der Waals surface area contributed by atoms with E-state index >= 15 is 0 Å². The highest BCUT2D eigenvalue weighted by Gasteiger charge is 2.21. The molecule has 1 saturated heterocycles. The van der Waals surface area contributed by atoms with Gasteiger partial charge < -0.3 is 16.4 Å². The van der Waals surface area contributed by atoms with E-state index in [1.807, 2.05) is 36.4 Å². The van der Waals surface area contributed by atoms with Crippen molar-refractivity contribution in [3.05, 3.63) is 70.8 Å². The second kappa shape index (κ2) is 9.67. The topological polar surface area (TPSA) is 92.7 Å². The van der Waals surface area contributed by atoms with Crippen molar-refractivity contribution < 1.29 is 9.59 Å². The van der Waals surface area contributed by atoms with Gasteiger partial charge in [-0.15, -0.1) is 0 Å². The Balaban J connectivity index is 1.75. The summed E-state index contributed by atoms with van der Waals surface area (Å²) < 4.78 is 0. The van der Waals surface area contributed by atoms with E-state index in [2.05, 4.69) is 16.8 Å². The molecule has 4 N–H and O–H groups in total. The van der Waals surface area contributed by atoms with E-state index in [4.69, 9.17) is 11.5 Å². The molecule has 0 bridgehead atoms. The summed E-state index contributed by atoms with van der Waals surface area (Å²) in [6.07, 6.45) is 3.57. The smallest absolute Gasteiger partial charge is 0.248 e. The van der Waals surface area contributed by atoms with Crippen LogP contribution < -0.4 is 11.5 Å². The van der Waals surface area contributed by atoms with Crippen LogP contribution in [0.5, 0.6) is 0 Å². The van der Waals surface area contributed by atoms with E-state index in [1.165, 1.54) is 12.8 Å². The molecule has 0 spiro atoms. The zero-order valence-corrected chi connectivity index (χ0v) is 17.0. The summed E-state index contributed by atoms with van der Waals surface area (Å²) in [5.41, 5.74) is 14.0. The Bertz CT molecular complexity index is 808. The number of nitrogens with zero attached hydrogens (tertiary/aromatic N) is 2. The predicted octanol–water partition coefficient (Wildman–Crippen LogP) is 2.37. The Kier molecular flexibility index (Phi) is 7.01. The maximum Gasteiger partial charge on any atom is 0.248 e. The largest absolute Gasteiger partial charge is 0.366 e. The lowest BCUT2D eigenvalue weighted by molar-refractivity contribution is 0.0992. The van der Waals surface area contributed by atoms with Gasteiger partial charge in [-0.1, -0.05) is 24.3 Å². The van der Waals surface area contributed by atoms with Crippen molar-refractivity contribution in [3.8, 4) is 0 Å². The third-order valence-electron chi connectivity index (χ3n) is 5.69. The molecule has 3 rings (SSSR count). The summed E-state index contributed by atoms with van der Waals surface area (Å²) in [4.78, 5) is 27.8. The second-order valence-corrected chi connectivity index (χ2v) is 7.91.